The molecule has 1 heterocycles. The third kappa shape index (κ3) is 5.86. The van der Waals surface area contributed by atoms with Crippen LogP contribution in [0.1, 0.15) is 38.2 Å². The Morgan fingerprint density at radius 1 is 0.659 bits per heavy atom. The highest BCUT2D eigenvalue weighted by Crippen LogP contribution is 2.41. The summed E-state index contributed by atoms with van der Waals surface area (Å²) in [7, 11) is 0. The third-order valence-electron chi connectivity index (χ3n) is 6.82. The Kier molecular flexibility index (Phi) is 7.42. The number of carbonyl (C=O) groups excluding carboxylic acids is 1. The second-order valence-corrected chi connectivity index (χ2v) is 9.51. The van der Waals surface area contributed by atoms with E-state index in [4.69, 9.17) is 9.47 Å². The van der Waals surface area contributed by atoms with Crippen LogP contribution in [0.25, 0.3) is 0 Å². The maximum absolute atomic E-state index is 13.9. The van der Waals surface area contributed by atoms with Gasteiger partial charge in [-0.15, -0.1) is 0 Å². The van der Waals surface area contributed by atoms with Crippen molar-refractivity contribution in [1.29, 1.82) is 0 Å². The van der Waals surface area contributed by atoms with Gasteiger partial charge in [0.05, 0.1) is 22.2 Å². The molecule has 212 valence electrons. The third-order valence-corrected chi connectivity index (χ3v) is 6.82. The second-order valence-electron chi connectivity index (χ2n) is 9.51. The Labute approximate surface area is 231 Å². The molecule has 1 aliphatic heterocycles. The molecule has 0 unspecified atom stereocenters. The first-order valence-corrected chi connectivity index (χ1v) is 12.6. The number of nitrogens with one attached hydrogen (secondary N) is 1. The number of fused-ring (bicyclic) bond motifs is 1. The molecule has 0 bridgehead atoms. The minimum absolute atomic E-state index is 0.0265. The van der Waals surface area contributed by atoms with Crippen molar-refractivity contribution in [3.05, 3.63) is 130 Å². The molecule has 0 saturated carbocycles. The van der Waals surface area contributed by atoms with Gasteiger partial charge in [-0.05, 0) is 53.1 Å². The summed E-state index contributed by atoms with van der Waals surface area (Å²) in [4.78, 5) is 13.9. The highest BCUT2D eigenvalue weighted by molar-refractivity contribution is 5.98. The van der Waals surface area contributed by atoms with Gasteiger partial charge in [-0.1, -0.05) is 60.7 Å². The highest BCUT2D eigenvalue weighted by atomic mass is 19.4. The zero-order chi connectivity index (χ0) is 29.3. The van der Waals surface area contributed by atoms with Crippen LogP contribution in [0, 0.1) is 0 Å². The van der Waals surface area contributed by atoms with Gasteiger partial charge in [0.2, 0.25) is 0 Å². The van der Waals surface area contributed by atoms with Crippen molar-refractivity contribution in [2.75, 3.05) is 13.2 Å². The fraction of sp³-hybridized carbons (Fsp3) is 0.194. The Hall–Kier alpha value is -4.47. The smallest absolute Gasteiger partial charge is 0.416 e. The number of alkyl halides is 6. The average Bonchev–Trinajstić information content (AvgIpc) is 2.96. The number of ether oxygens (including phenoxy) is 2. The molecular weight excluding hydrogens is 548 g/mol. The van der Waals surface area contributed by atoms with Gasteiger partial charge in [0.1, 0.15) is 13.2 Å². The first kappa shape index (κ1) is 28.1. The molecular formula is C31H23F6NO3. The summed E-state index contributed by atoms with van der Waals surface area (Å²) in [6.07, 6.45) is -9.64. The lowest BCUT2D eigenvalue weighted by Gasteiger charge is -2.37. The van der Waals surface area contributed by atoms with Crippen molar-refractivity contribution >= 4 is 5.91 Å². The van der Waals surface area contributed by atoms with Gasteiger partial charge < -0.3 is 14.8 Å². The largest absolute Gasteiger partial charge is 0.486 e. The summed E-state index contributed by atoms with van der Waals surface area (Å²) in [5.41, 5.74) is -3.39. The van der Waals surface area contributed by atoms with Crippen LogP contribution in [0.3, 0.4) is 0 Å². The molecule has 10 heteroatoms. The standard InChI is InChI=1S/C31H23F6NO3/c32-30(33,34)23-11-4-9-21(17-23)29(19-20-7-2-1-3-8-20,22-10-5-12-24(18-22)31(35,36)37)38-28(39)25-13-6-14-26-27(25)41-16-15-40-26/h1-14,17-18H,15-16,19H2,(H,38,39). The number of hydrogen-bond acceptors (Lipinski definition) is 3. The van der Waals surface area contributed by atoms with E-state index in [9.17, 15) is 31.1 Å². The molecule has 4 nitrogen and oxygen atoms in total. The zero-order valence-electron chi connectivity index (χ0n) is 21.4. The maximum Gasteiger partial charge on any atom is 0.416 e. The van der Waals surface area contributed by atoms with Crippen LogP contribution in [0.5, 0.6) is 11.5 Å². The summed E-state index contributed by atoms with van der Waals surface area (Å²) >= 11 is 0. The Bertz CT molecular complexity index is 1490. The lowest BCUT2D eigenvalue weighted by molar-refractivity contribution is -0.138. The Morgan fingerprint density at radius 3 is 1.78 bits per heavy atom. The molecule has 0 fully saturated rings. The van der Waals surface area contributed by atoms with Gasteiger partial charge in [-0.25, -0.2) is 0 Å². The van der Waals surface area contributed by atoms with E-state index in [2.05, 4.69) is 5.32 Å². The van der Waals surface area contributed by atoms with Crippen LogP contribution in [0.4, 0.5) is 26.3 Å². The van der Waals surface area contributed by atoms with E-state index in [1.54, 1.807) is 42.5 Å². The van der Waals surface area contributed by atoms with Crippen molar-refractivity contribution in [2.45, 2.75) is 24.3 Å². The maximum atomic E-state index is 13.9. The quantitative estimate of drug-likeness (QED) is 0.245. The lowest BCUT2D eigenvalue weighted by Crippen LogP contribution is -2.49. The average molecular weight is 572 g/mol. The second kappa shape index (κ2) is 10.8. The first-order valence-electron chi connectivity index (χ1n) is 12.6. The molecule has 1 amide bonds. The number of hydrogen-bond donors (Lipinski definition) is 1. The van der Waals surface area contributed by atoms with Crippen LogP contribution in [0.2, 0.25) is 0 Å². The number of para-hydroxylation sites is 1. The molecule has 5 rings (SSSR count). The number of rotatable bonds is 6. The minimum atomic E-state index is -4.74. The SMILES string of the molecule is O=C(NC(Cc1ccccc1)(c1cccc(C(F)(F)F)c1)c1cccc(C(F)(F)F)c1)c1cccc2c1OCCO2. The van der Waals surface area contributed by atoms with E-state index < -0.39 is 34.9 Å². The fourth-order valence-electron chi connectivity index (χ4n) is 4.90. The summed E-state index contributed by atoms with van der Waals surface area (Å²) in [6.45, 7) is 0.415. The minimum Gasteiger partial charge on any atom is -0.486 e. The molecule has 0 aromatic heterocycles. The predicted molar refractivity (Wildman–Crippen MR) is 139 cm³/mol. The van der Waals surface area contributed by atoms with E-state index in [1.807, 2.05) is 0 Å². The van der Waals surface area contributed by atoms with Crippen molar-refractivity contribution < 1.29 is 40.6 Å². The van der Waals surface area contributed by atoms with Crippen LogP contribution in [-0.4, -0.2) is 19.1 Å². The zero-order valence-corrected chi connectivity index (χ0v) is 21.4. The summed E-state index contributed by atoms with van der Waals surface area (Å²) < 4.78 is 94.4. The van der Waals surface area contributed by atoms with Gasteiger partial charge in [0.25, 0.3) is 5.91 Å². The van der Waals surface area contributed by atoms with Crippen molar-refractivity contribution in [3.63, 3.8) is 0 Å². The monoisotopic (exact) mass is 571 g/mol. The van der Waals surface area contributed by atoms with Crippen LogP contribution >= 0.6 is 0 Å². The number of benzene rings is 4. The molecule has 0 saturated heterocycles. The number of halogens is 6. The van der Waals surface area contributed by atoms with Crippen LogP contribution in [-0.2, 0) is 24.3 Å². The summed E-state index contributed by atoms with van der Waals surface area (Å²) in [5.74, 6) is -0.327. The molecule has 1 N–H and O–H groups in total. The van der Waals surface area contributed by atoms with E-state index in [0.29, 0.717) is 11.3 Å². The molecule has 0 aliphatic carbocycles. The Balaban J connectivity index is 1.75. The van der Waals surface area contributed by atoms with Crippen LogP contribution in [0.15, 0.2) is 97.1 Å². The van der Waals surface area contributed by atoms with Gasteiger partial charge in [0.15, 0.2) is 11.5 Å². The predicted octanol–water partition coefficient (Wildman–Crippen LogP) is 7.41. The van der Waals surface area contributed by atoms with Gasteiger partial charge in [0, 0.05) is 6.42 Å². The van der Waals surface area contributed by atoms with E-state index in [1.165, 1.54) is 30.3 Å². The molecule has 4 aromatic rings. The molecule has 0 spiro atoms. The fourth-order valence-corrected chi connectivity index (χ4v) is 4.90. The number of amides is 1. The molecule has 0 atom stereocenters. The molecule has 41 heavy (non-hydrogen) atoms. The van der Waals surface area contributed by atoms with E-state index >= 15 is 0 Å². The van der Waals surface area contributed by atoms with Crippen LogP contribution < -0.4 is 14.8 Å². The molecule has 4 aromatic carbocycles. The first-order chi connectivity index (χ1) is 19.5. The summed E-state index contributed by atoms with van der Waals surface area (Å²) in [5, 5.41) is 2.83. The van der Waals surface area contributed by atoms with Gasteiger partial charge >= 0.3 is 12.4 Å². The number of carbonyl (C=O) groups is 1. The van der Waals surface area contributed by atoms with E-state index in [-0.39, 0.29) is 42.1 Å². The molecule has 1 aliphatic rings. The summed E-state index contributed by atoms with van der Waals surface area (Å²) in [6, 6.07) is 21.6. The van der Waals surface area contributed by atoms with Gasteiger partial charge in [-0.3, -0.25) is 4.79 Å². The van der Waals surface area contributed by atoms with Crippen molar-refractivity contribution in [2.24, 2.45) is 0 Å². The topological polar surface area (TPSA) is 47.6 Å². The van der Waals surface area contributed by atoms with Crippen molar-refractivity contribution in [3.8, 4) is 11.5 Å². The molecule has 0 radical (unpaired) electrons. The van der Waals surface area contributed by atoms with E-state index in [0.717, 1.165) is 24.3 Å². The highest BCUT2D eigenvalue weighted by Gasteiger charge is 2.41. The Morgan fingerprint density at radius 2 is 1.20 bits per heavy atom. The normalized spacial score (nSPS) is 13.5. The van der Waals surface area contributed by atoms with Crippen molar-refractivity contribution in [1.82, 2.24) is 5.32 Å². The lowest BCUT2D eigenvalue weighted by atomic mass is 9.76. The van der Waals surface area contributed by atoms with Gasteiger partial charge in [-0.2, -0.15) is 26.3 Å².